The van der Waals surface area contributed by atoms with E-state index in [1.807, 2.05) is 48.5 Å². The standard InChI is InChI=1S/C16H14N2O2/c1-20-16(19)18-14-9-5-3-7-12(14)15-10-11-6-2-4-8-13(11)17-15/h2-10,17H,1H3,(H,18,19). The molecule has 0 saturated carbocycles. The van der Waals surface area contributed by atoms with Crippen LogP contribution >= 0.6 is 0 Å². The molecule has 1 amide bonds. The van der Waals surface area contributed by atoms with Crippen LogP contribution in [-0.2, 0) is 4.74 Å². The Morgan fingerprint density at radius 3 is 2.65 bits per heavy atom. The van der Waals surface area contributed by atoms with E-state index < -0.39 is 6.09 Å². The maximum absolute atomic E-state index is 11.4. The first-order valence-corrected chi connectivity index (χ1v) is 6.30. The highest BCUT2D eigenvalue weighted by atomic mass is 16.5. The van der Waals surface area contributed by atoms with Crippen molar-refractivity contribution in [3.63, 3.8) is 0 Å². The quantitative estimate of drug-likeness (QED) is 0.736. The van der Waals surface area contributed by atoms with E-state index in [1.165, 1.54) is 7.11 Å². The van der Waals surface area contributed by atoms with Gasteiger partial charge in [-0.05, 0) is 18.2 Å². The molecule has 4 heteroatoms. The van der Waals surface area contributed by atoms with Gasteiger partial charge in [0.05, 0.1) is 12.8 Å². The van der Waals surface area contributed by atoms with Crippen molar-refractivity contribution in [2.45, 2.75) is 0 Å². The zero-order valence-electron chi connectivity index (χ0n) is 11.0. The fourth-order valence-corrected chi connectivity index (χ4v) is 2.21. The molecule has 0 aliphatic rings. The first-order valence-electron chi connectivity index (χ1n) is 6.30. The number of fused-ring (bicyclic) bond motifs is 1. The minimum atomic E-state index is -0.478. The zero-order chi connectivity index (χ0) is 13.9. The summed E-state index contributed by atoms with van der Waals surface area (Å²) in [5, 5.41) is 3.86. The van der Waals surface area contributed by atoms with E-state index in [1.54, 1.807) is 0 Å². The Morgan fingerprint density at radius 2 is 1.85 bits per heavy atom. The first kappa shape index (κ1) is 12.3. The van der Waals surface area contributed by atoms with Crippen LogP contribution in [0.3, 0.4) is 0 Å². The minimum Gasteiger partial charge on any atom is -0.453 e. The van der Waals surface area contributed by atoms with Crippen LogP contribution in [0.15, 0.2) is 54.6 Å². The average Bonchev–Trinajstić information content (AvgIpc) is 2.91. The molecule has 0 atom stereocenters. The van der Waals surface area contributed by atoms with E-state index in [0.717, 1.165) is 22.2 Å². The van der Waals surface area contributed by atoms with Crippen molar-refractivity contribution in [1.29, 1.82) is 0 Å². The Labute approximate surface area is 116 Å². The molecule has 0 spiro atoms. The third-order valence-electron chi connectivity index (χ3n) is 3.17. The van der Waals surface area contributed by atoms with Gasteiger partial charge in [0, 0.05) is 22.2 Å². The average molecular weight is 266 g/mol. The summed E-state index contributed by atoms with van der Waals surface area (Å²) in [6.07, 6.45) is -0.478. The molecular weight excluding hydrogens is 252 g/mol. The molecule has 100 valence electrons. The minimum absolute atomic E-state index is 0.478. The summed E-state index contributed by atoms with van der Waals surface area (Å²) in [6, 6.07) is 17.7. The maximum atomic E-state index is 11.4. The molecule has 1 heterocycles. The van der Waals surface area contributed by atoms with Crippen molar-refractivity contribution in [1.82, 2.24) is 4.98 Å². The number of hydrogen-bond donors (Lipinski definition) is 2. The van der Waals surface area contributed by atoms with E-state index in [2.05, 4.69) is 21.1 Å². The highest BCUT2D eigenvalue weighted by Crippen LogP contribution is 2.29. The Kier molecular flexibility index (Phi) is 3.13. The molecule has 0 aliphatic carbocycles. The number of para-hydroxylation sites is 2. The number of anilines is 1. The third-order valence-corrected chi connectivity index (χ3v) is 3.17. The first-order chi connectivity index (χ1) is 9.78. The third kappa shape index (κ3) is 2.23. The van der Waals surface area contributed by atoms with Gasteiger partial charge in [-0.15, -0.1) is 0 Å². The smallest absolute Gasteiger partial charge is 0.411 e. The van der Waals surface area contributed by atoms with Crippen LogP contribution in [0.25, 0.3) is 22.2 Å². The van der Waals surface area contributed by atoms with Crippen molar-refractivity contribution in [2.24, 2.45) is 0 Å². The normalized spacial score (nSPS) is 10.4. The summed E-state index contributed by atoms with van der Waals surface area (Å²) in [7, 11) is 1.35. The molecule has 0 bridgehead atoms. The van der Waals surface area contributed by atoms with Crippen molar-refractivity contribution in [3.05, 3.63) is 54.6 Å². The predicted molar refractivity (Wildman–Crippen MR) is 79.8 cm³/mol. The van der Waals surface area contributed by atoms with Gasteiger partial charge in [-0.1, -0.05) is 36.4 Å². The molecule has 3 aromatic rings. The van der Waals surface area contributed by atoms with E-state index in [-0.39, 0.29) is 0 Å². The lowest BCUT2D eigenvalue weighted by atomic mass is 10.1. The lowest BCUT2D eigenvalue weighted by Gasteiger charge is -2.08. The van der Waals surface area contributed by atoms with E-state index in [0.29, 0.717) is 5.69 Å². The molecule has 0 saturated heterocycles. The molecule has 0 fully saturated rings. The van der Waals surface area contributed by atoms with Crippen molar-refractivity contribution < 1.29 is 9.53 Å². The Morgan fingerprint density at radius 1 is 1.10 bits per heavy atom. The summed E-state index contributed by atoms with van der Waals surface area (Å²) in [4.78, 5) is 14.7. The van der Waals surface area contributed by atoms with Crippen LogP contribution in [0, 0.1) is 0 Å². The number of benzene rings is 2. The molecular formula is C16H14N2O2. The summed E-state index contributed by atoms with van der Waals surface area (Å²) >= 11 is 0. The monoisotopic (exact) mass is 266 g/mol. The summed E-state index contributed by atoms with van der Waals surface area (Å²) in [6.45, 7) is 0. The molecule has 1 aromatic heterocycles. The van der Waals surface area contributed by atoms with Crippen LogP contribution in [-0.4, -0.2) is 18.2 Å². The SMILES string of the molecule is COC(=O)Nc1ccccc1-c1cc2ccccc2[nH]1. The van der Waals surface area contributed by atoms with E-state index in [4.69, 9.17) is 0 Å². The number of amides is 1. The fourth-order valence-electron chi connectivity index (χ4n) is 2.21. The second kappa shape index (κ2) is 5.09. The fraction of sp³-hybridized carbons (Fsp3) is 0.0625. The van der Waals surface area contributed by atoms with E-state index >= 15 is 0 Å². The highest BCUT2D eigenvalue weighted by molar-refractivity contribution is 5.93. The van der Waals surface area contributed by atoms with Gasteiger partial charge in [-0.2, -0.15) is 0 Å². The van der Waals surface area contributed by atoms with Crippen LogP contribution < -0.4 is 5.32 Å². The number of aromatic amines is 1. The van der Waals surface area contributed by atoms with Crippen LogP contribution in [0.1, 0.15) is 0 Å². The molecule has 0 unspecified atom stereocenters. The van der Waals surface area contributed by atoms with Gasteiger partial charge in [0.25, 0.3) is 0 Å². The number of methoxy groups -OCH3 is 1. The molecule has 2 aromatic carbocycles. The second-order valence-electron chi connectivity index (χ2n) is 4.43. The van der Waals surface area contributed by atoms with Gasteiger partial charge >= 0.3 is 6.09 Å². The van der Waals surface area contributed by atoms with Crippen LogP contribution in [0.4, 0.5) is 10.5 Å². The lowest BCUT2D eigenvalue weighted by Crippen LogP contribution is -2.11. The Balaban J connectivity index is 2.07. The number of ether oxygens (including phenoxy) is 1. The van der Waals surface area contributed by atoms with Gasteiger partial charge in [0.2, 0.25) is 0 Å². The highest BCUT2D eigenvalue weighted by Gasteiger charge is 2.10. The number of hydrogen-bond acceptors (Lipinski definition) is 2. The topological polar surface area (TPSA) is 54.1 Å². The summed E-state index contributed by atoms with van der Waals surface area (Å²) in [5.41, 5.74) is 3.66. The van der Waals surface area contributed by atoms with Crippen LogP contribution in [0.2, 0.25) is 0 Å². The predicted octanol–water partition coefficient (Wildman–Crippen LogP) is 4.01. The summed E-state index contributed by atoms with van der Waals surface area (Å²) < 4.78 is 4.64. The molecule has 2 N–H and O–H groups in total. The van der Waals surface area contributed by atoms with E-state index in [9.17, 15) is 4.79 Å². The maximum Gasteiger partial charge on any atom is 0.411 e. The van der Waals surface area contributed by atoms with Crippen molar-refractivity contribution >= 4 is 22.7 Å². The Bertz CT molecular complexity index is 729. The van der Waals surface area contributed by atoms with Gasteiger partial charge in [0.15, 0.2) is 0 Å². The van der Waals surface area contributed by atoms with Gasteiger partial charge < -0.3 is 9.72 Å². The molecule has 0 radical (unpaired) electrons. The number of nitrogens with one attached hydrogen (secondary N) is 2. The van der Waals surface area contributed by atoms with Crippen molar-refractivity contribution in [2.75, 3.05) is 12.4 Å². The summed E-state index contributed by atoms with van der Waals surface area (Å²) in [5.74, 6) is 0. The number of carbonyl (C=O) groups excluding carboxylic acids is 1. The number of aromatic nitrogens is 1. The molecule has 20 heavy (non-hydrogen) atoms. The van der Waals surface area contributed by atoms with Crippen LogP contribution in [0.5, 0.6) is 0 Å². The second-order valence-corrected chi connectivity index (χ2v) is 4.43. The molecule has 0 aliphatic heterocycles. The number of rotatable bonds is 2. The molecule has 4 nitrogen and oxygen atoms in total. The van der Waals surface area contributed by atoms with Gasteiger partial charge in [0.1, 0.15) is 0 Å². The van der Waals surface area contributed by atoms with Crippen molar-refractivity contribution in [3.8, 4) is 11.3 Å². The number of H-pyrrole nitrogens is 1. The zero-order valence-corrected chi connectivity index (χ0v) is 11.0. The molecule has 3 rings (SSSR count). The van der Waals surface area contributed by atoms with Gasteiger partial charge in [-0.3, -0.25) is 5.32 Å². The lowest BCUT2D eigenvalue weighted by molar-refractivity contribution is 0.187. The number of carbonyl (C=O) groups is 1. The Hall–Kier alpha value is -2.75. The largest absolute Gasteiger partial charge is 0.453 e. The van der Waals surface area contributed by atoms with Gasteiger partial charge in [-0.25, -0.2) is 4.79 Å².